The Bertz CT molecular complexity index is 1060. The summed E-state index contributed by atoms with van der Waals surface area (Å²) >= 11 is 0. The molecule has 1 fully saturated rings. The van der Waals surface area contributed by atoms with Crippen LogP contribution in [-0.4, -0.2) is 35.4 Å². The van der Waals surface area contributed by atoms with E-state index in [9.17, 15) is 22.8 Å². The molecule has 34 heavy (non-hydrogen) atoms. The van der Waals surface area contributed by atoms with Gasteiger partial charge in [-0.2, -0.15) is 13.2 Å². The predicted octanol–water partition coefficient (Wildman–Crippen LogP) is 2.83. The van der Waals surface area contributed by atoms with Gasteiger partial charge < -0.3 is 21.7 Å². The van der Waals surface area contributed by atoms with Crippen LogP contribution in [0.2, 0.25) is 0 Å². The van der Waals surface area contributed by atoms with E-state index in [1.54, 1.807) is 13.0 Å². The Kier molecular flexibility index (Phi) is 6.79. The van der Waals surface area contributed by atoms with Gasteiger partial charge in [0, 0.05) is 5.69 Å². The monoisotopic (exact) mass is 475 g/mol. The molecule has 4 atom stereocenters. The third-order valence-electron chi connectivity index (χ3n) is 6.57. The lowest BCUT2D eigenvalue weighted by Crippen LogP contribution is -2.53. The average Bonchev–Trinajstić information content (AvgIpc) is 3.20. The zero-order valence-corrected chi connectivity index (χ0v) is 18.8. The number of alkyl halides is 3. The van der Waals surface area contributed by atoms with Crippen molar-refractivity contribution in [2.75, 3.05) is 12.3 Å². The van der Waals surface area contributed by atoms with E-state index < -0.39 is 23.8 Å². The van der Waals surface area contributed by atoms with Gasteiger partial charge in [-0.15, -0.1) is 0 Å². The number of aromatic nitrogens is 1. The predicted molar refractivity (Wildman–Crippen MR) is 121 cm³/mol. The maximum absolute atomic E-state index is 12.8. The van der Waals surface area contributed by atoms with Crippen molar-refractivity contribution in [1.29, 1.82) is 0 Å². The van der Waals surface area contributed by atoms with Crippen LogP contribution < -0.4 is 21.7 Å². The maximum atomic E-state index is 12.8. The van der Waals surface area contributed by atoms with Crippen molar-refractivity contribution >= 4 is 17.6 Å². The zero-order chi connectivity index (χ0) is 24.5. The summed E-state index contributed by atoms with van der Waals surface area (Å²) in [6.07, 6.45) is -1.78. The first kappa shape index (κ1) is 24.0. The fraction of sp³-hybridized carbons (Fsp3) is 0.458. The van der Waals surface area contributed by atoms with E-state index in [1.807, 2.05) is 6.07 Å². The molecule has 1 aliphatic heterocycles. The van der Waals surface area contributed by atoms with Gasteiger partial charge in [0.2, 0.25) is 11.8 Å². The molecule has 1 saturated heterocycles. The lowest BCUT2D eigenvalue weighted by atomic mass is 9.85. The number of piperidine rings is 1. The van der Waals surface area contributed by atoms with E-state index in [1.165, 1.54) is 12.1 Å². The first-order valence-corrected chi connectivity index (χ1v) is 11.4. The van der Waals surface area contributed by atoms with Crippen molar-refractivity contribution in [1.82, 2.24) is 20.9 Å². The van der Waals surface area contributed by atoms with Crippen LogP contribution in [0, 0.1) is 0 Å². The molecule has 4 rings (SSSR count). The largest absolute Gasteiger partial charge is 0.416 e. The number of nitrogens with one attached hydrogen (secondary N) is 3. The molecule has 2 aliphatic rings. The van der Waals surface area contributed by atoms with Crippen LogP contribution in [0.5, 0.6) is 0 Å². The van der Waals surface area contributed by atoms with E-state index in [2.05, 4.69) is 20.9 Å². The van der Waals surface area contributed by atoms with Crippen LogP contribution in [0.1, 0.15) is 60.5 Å². The number of carbonyl (C=O) groups is 2. The molecule has 10 heteroatoms. The number of nitrogens with zero attached hydrogens (tertiary/aromatic N) is 1. The van der Waals surface area contributed by atoms with Gasteiger partial charge in [0.15, 0.2) is 0 Å². The third-order valence-corrected chi connectivity index (χ3v) is 6.57. The minimum Gasteiger partial charge on any atom is -0.384 e. The Morgan fingerprint density at radius 2 is 1.88 bits per heavy atom. The minimum absolute atomic E-state index is 0.0432. The molecule has 1 aliphatic carbocycles. The van der Waals surface area contributed by atoms with Crippen LogP contribution in [0.25, 0.3) is 0 Å². The number of anilines is 1. The quantitative estimate of drug-likeness (QED) is 0.532. The second kappa shape index (κ2) is 9.61. The first-order chi connectivity index (χ1) is 16.1. The molecule has 182 valence electrons. The molecule has 1 aromatic carbocycles. The highest BCUT2D eigenvalue weighted by Crippen LogP contribution is 2.33. The number of rotatable bonds is 5. The number of aryl methyl sites for hydroxylation is 1. The Hall–Kier alpha value is -3.14. The van der Waals surface area contributed by atoms with E-state index in [4.69, 9.17) is 5.73 Å². The van der Waals surface area contributed by atoms with Crippen LogP contribution >= 0.6 is 0 Å². The number of benzene rings is 1. The Morgan fingerprint density at radius 1 is 1.15 bits per heavy atom. The van der Waals surface area contributed by atoms with E-state index in [0.717, 1.165) is 41.8 Å². The normalized spacial score (nSPS) is 23.1. The second-order valence-electron chi connectivity index (χ2n) is 8.95. The highest BCUT2D eigenvalue weighted by molar-refractivity contribution is 5.89. The second-order valence-corrected chi connectivity index (χ2v) is 8.95. The number of fused-ring (bicyclic) bond motifs is 1. The molecular weight excluding hydrogens is 447 g/mol. The van der Waals surface area contributed by atoms with Gasteiger partial charge in [-0.3, -0.25) is 9.59 Å². The Balaban J connectivity index is 1.32. The van der Waals surface area contributed by atoms with Gasteiger partial charge in [0.05, 0.1) is 17.6 Å². The summed E-state index contributed by atoms with van der Waals surface area (Å²) in [5, 5.41) is 8.87. The number of halogens is 3. The van der Waals surface area contributed by atoms with Crippen LogP contribution in [0.4, 0.5) is 19.0 Å². The highest BCUT2D eigenvalue weighted by Gasteiger charge is 2.33. The van der Waals surface area contributed by atoms with E-state index in [0.29, 0.717) is 25.2 Å². The highest BCUT2D eigenvalue weighted by atomic mass is 19.4. The van der Waals surface area contributed by atoms with Crippen molar-refractivity contribution < 1.29 is 22.8 Å². The van der Waals surface area contributed by atoms with Gasteiger partial charge in [-0.05, 0) is 74.4 Å². The zero-order valence-electron chi connectivity index (χ0n) is 18.8. The van der Waals surface area contributed by atoms with Crippen LogP contribution in [0.3, 0.4) is 0 Å². The fourth-order valence-corrected chi connectivity index (χ4v) is 4.67. The Morgan fingerprint density at radius 3 is 2.59 bits per heavy atom. The number of amides is 2. The van der Waals surface area contributed by atoms with Gasteiger partial charge in [-0.1, -0.05) is 18.2 Å². The number of nitrogen functional groups attached to an aromatic ring is 1. The van der Waals surface area contributed by atoms with Crippen LogP contribution in [-0.2, 0) is 22.2 Å². The molecule has 1 aromatic heterocycles. The number of carbonyl (C=O) groups excluding carboxylic acids is 2. The summed E-state index contributed by atoms with van der Waals surface area (Å²) in [5.74, 6) is -0.196. The first-order valence-electron chi connectivity index (χ1n) is 11.4. The number of hydrogen-bond donors (Lipinski definition) is 4. The number of hydrogen-bond acceptors (Lipinski definition) is 5. The molecule has 0 bridgehead atoms. The van der Waals surface area contributed by atoms with E-state index >= 15 is 0 Å². The lowest BCUT2D eigenvalue weighted by Gasteiger charge is -2.31. The molecule has 0 spiro atoms. The van der Waals surface area contributed by atoms with Crippen molar-refractivity contribution in [3.63, 3.8) is 0 Å². The van der Waals surface area contributed by atoms with Gasteiger partial charge in [0.1, 0.15) is 11.9 Å². The molecule has 5 N–H and O–H groups in total. The van der Waals surface area contributed by atoms with E-state index in [-0.39, 0.29) is 23.8 Å². The standard InChI is InChI=1S/C24H28F3N5O2/c1-13(22(33)32-19-8-7-18-17(19)6-9-21(28)31-18)30-23(34)20-12-15(10-11-29-20)14-2-4-16(5-3-14)24(25,26)27/h2-6,9,13,15,19-20,29H,7-8,10-12H2,1H3,(H2,28,31)(H,30,34)(H,32,33)/t13-,15-,19?,20+/m0/s1. The summed E-state index contributed by atoms with van der Waals surface area (Å²) in [6, 6.07) is 7.22. The molecular formula is C24H28F3N5O2. The number of pyridine rings is 1. The summed E-state index contributed by atoms with van der Waals surface area (Å²) in [4.78, 5) is 29.8. The maximum Gasteiger partial charge on any atom is 0.416 e. The van der Waals surface area contributed by atoms with Gasteiger partial charge in [0.25, 0.3) is 0 Å². The molecule has 2 amide bonds. The summed E-state index contributed by atoms with van der Waals surface area (Å²) in [7, 11) is 0. The molecule has 1 unspecified atom stereocenters. The lowest BCUT2D eigenvalue weighted by molar-refractivity contribution is -0.137. The SMILES string of the molecule is C[C@H](NC(=O)[C@H]1C[C@@H](c2ccc(C(F)(F)F)cc2)CCN1)C(=O)NC1CCc2nc(N)ccc21. The summed E-state index contributed by atoms with van der Waals surface area (Å²) < 4.78 is 38.5. The molecule has 0 radical (unpaired) electrons. The smallest absolute Gasteiger partial charge is 0.384 e. The summed E-state index contributed by atoms with van der Waals surface area (Å²) in [6.45, 7) is 2.18. The molecule has 2 heterocycles. The fourth-order valence-electron chi connectivity index (χ4n) is 4.67. The summed E-state index contributed by atoms with van der Waals surface area (Å²) in [5.41, 5.74) is 7.62. The van der Waals surface area contributed by atoms with Gasteiger partial charge >= 0.3 is 6.18 Å². The van der Waals surface area contributed by atoms with Crippen molar-refractivity contribution in [3.05, 3.63) is 58.8 Å². The van der Waals surface area contributed by atoms with Crippen molar-refractivity contribution in [2.45, 2.75) is 62.8 Å². The topological polar surface area (TPSA) is 109 Å². The molecule has 0 saturated carbocycles. The third kappa shape index (κ3) is 5.32. The molecule has 7 nitrogen and oxygen atoms in total. The minimum atomic E-state index is -4.38. The Labute approximate surface area is 195 Å². The average molecular weight is 476 g/mol. The van der Waals surface area contributed by atoms with Crippen LogP contribution in [0.15, 0.2) is 36.4 Å². The van der Waals surface area contributed by atoms with Crippen molar-refractivity contribution in [3.8, 4) is 0 Å². The van der Waals surface area contributed by atoms with Crippen molar-refractivity contribution in [2.24, 2.45) is 0 Å². The number of nitrogens with two attached hydrogens (primary N) is 1. The van der Waals surface area contributed by atoms with Gasteiger partial charge in [-0.25, -0.2) is 4.98 Å². The molecule has 2 aromatic rings.